The van der Waals surface area contributed by atoms with Crippen LogP contribution >= 0.6 is 0 Å². The molecular weight excluding hydrogens is 312 g/mol. The van der Waals surface area contributed by atoms with E-state index < -0.39 is 0 Å². The molecule has 0 aliphatic heterocycles. The van der Waals surface area contributed by atoms with Crippen LogP contribution in [0.4, 0.5) is 0 Å². The fourth-order valence-corrected chi connectivity index (χ4v) is 3.24. The Hall–Kier alpha value is -2.40. The van der Waals surface area contributed by atoms with Gasteiger partial charge in [-0.2, -0.15) is 5.10 Å². The summed E-state index contributed by atoms with van der Waals surface area (Å²) in [6.07, 6.45) is 2.16. The van der Waals surface area contributed by atoms with Crippen molar-refractivity contribution in [1.82, 2.24) is 20.1 Å². The lowest BCUT2D eigenvalue weighted by Crippen LogP contribution is -2.20. The fourth-order valence-electron chi connectivity index (χ4n) is 3.24. The SMILES string of the molecule is COc1cccc2ccc(CN(C)CCCc3c(C)n[nH]c3C)nc12. The van der Waals surface area contributed by atoms with Gasteiger partial charge in [-0.15, -0.1) is 0 Å². The molecule has 0 aliphatic rings. The third kappa shape index (κ3) is 3.99. The topological polar surface area (TPSA) is 54.0 Å². The first-order valence-electron chi connectivity index (χ1n) is 8.70. The lowest BCUT2D eigenvalue weighted by atomic mass is 10.1. The van der Waals surface area contributed by atoms with E-state index in [1.165, 1.54) is 11.3 Å². The van der Waals surface area contributed by atoms with E-state index in [0.717, 1.165) is 54.0 Å². The van der Waals surface area contributed by atoms with Gasteiger partial charge in [0.15, 0.2) is 0 Å². The van der Waals surface area contributed by atoms with Crippen LogP contribution in [0.3, 0.4) is 0 Å². The number of H-pyrrole nitrogens is 1. The molecule has 0 aliphatic carbocycles. The minimum Gasteiger partial charge on any atom is -0.494 e. The number of hydrogen-bond donors (Lipinski definition) is 1. The molecule has 0 spiro atoms. The van der Waals surface area contributed by atoms with Gasteiger partial charge in [0.25, 0.3) is 0 Å². The Morgan fingerprint density at radius 2 is 2.00 bits per heavy atom. The summed E-state index contributed by atoms with van der Waals surface area (Å²) in [6.45, 7) is 6.01. The predicted molar refractivity (Wildman–Crippen MR) is 101 cm³/mol. The Morgan fingerprint density at radius 3 is 2.72 bits per heavy atom. The van der Waals surface area contributed by atoms with Crippen LogP contribution in [0, 0.1) is 13.8 Å². The van der Waals surface area contributed by atoms with Crippen LogP contribution in [-0.2, 0) is 13.0 Å². The molecule has 0 amide bonds. The zero-order chi connectivity index (χ0) is 17.8. The molecular formula is C20H26N4O. The van der Waals surface area contributed by atoms with Gasteiger partial charge in [-0.1, -0.05) is 18.2 Å². The van der Waals surface area contributed by atoms with Crippen LogP contribution in [0.5, 0.6) is 5.75 Å². The van der Waals surface area contributed by atoms with Crippen molar-refractivity contribution in [3.8, 4) is 5.75 Å². The highest BCUT2D eigenvalue weighted by Crippen LogP contribution is 2.23. The van der Waals surface area contributed by atoms with Crippen molar-refractivity contribution >= 4 is 10.9 Å². The maximum Gasteiger partial charge on any atom is 0.145 e. The van der Waals surface area contributed by atoms with E-state index in [0.29, 0.717) is 0 Å². The molecule has 0 atom stereocenters. The summed E-state index contributed by atoms with van der Waals surface area (Å²) >= 11 is 0. The summed E-state index contributed by atoms with van der Waals surface area (Å²) in [6, 6.07) is 10.2. The molecule has 0 radical (unpaired) electrons. The molecule has 2 heterocycles. The maximum atomic E-state index is 5.43. The van der Waals surface area contributed by atoms with Crippen LogP contribution in [0.15, 0.2) is 30.3 Å². The number of benzene rings is 1. The van der Waals surface area contributed by atoms with E-state index in [4.69, 9.17) is 9.72 Å². The van der Waals surface area contributed by atoms with E-state index in [2.05, 4.69) is 54.2 Å². The first-order valence-corrected chi connectivity index (χ1v) is 8.70. The molecule has 132 valence electrons. The summed E-state index contributed by atoms with van der Waals surface area (Å²) in [7, 11) is 3.83. The second kappa shape index (κ2) is 7.66. The van der Waals surface area contributed by atoms with Crippen molar-refractivity contribution in [3.05, 3.63) is 53.0 Å². The average molecular weight is 338 g/mol. The average Bonchev–Trinajstić information content (AvgIpc) is 2.93. The van der Waals surface area contributed by atoms with Crippen molar-refractivity contribution in [2.24, 2.45) is 0 Å². The molecule has 0 fully saturated rings. The maximum absolute atomic E-state index is 5.43. The number of para-hydroxylation sites is 1. The number of hydrogen-bond acceptors (Lipinski definition) is 4. The van der Waals surface area contributed by atoms with Crippen molar-refractivity contribution in [3.63, 3.8) is 0 Å². The third-order valence-corrected chi connectivity index (χ3v) is 4.64. The normalized spacial score (nSPS) is 11.4. The minimum absolute atomic E-state index is 0.827. The van der Waals surface area contributed by atoms with Crippen LogP contribution in [-0.4, -0.2) is 40.8 Å². The molecule has 0 saturated carbocycles. The van der Waals surface area contributed by atoms with Crippen LogP contribution in [0.25, 0.3) is 10.9 Å². The molecule has 0 unspecified atom stereocenters. The monoisotopic (exact) mass is 338 g/mol. The molecule has 0 saturated heterocycles. The Bertz CT molecular complexity index is 837. The smallest absolute Gasteiger partial charge is 0.145 e. The minimum atomic E-state index is 0.827. The molecule has 1 N–H and O–H groups in total. The van der Waals surface area contributed by atoms with Crippen molar-refractivity contribution in [2.75, 3.05) is 20.7 Å². The standard InChI is InChI=1S/C20H26N4O/c1-14-18(15(2)23-22-14)8-6-12-24(3)13-17-11-10-16-7-5-9-19(25-4)20(16)21-17/h5,7,9-11H,6,8,12-13H2,1-4H3,(H,22,23). The fraction of sp³-hybridized carbons (Fsp3) is 0.400. The Balaban J connectivity index is 1.61. The van der Waals surface area contributed by atoms with E-state index in [1.54, 1.807) is 7.11 Å². The number of aryl methyl sites for hydroxylation is 2. The summed E-state index contributed by atoms with van der Waals surface area (Å²) in [4.78, 5) is 7.10. The van der Waals surface area contributed by atoms with Gasteiger partial charge >= 0.3 is 0 Å². The lowest BCUT2D eigenvalue weighted by molar-refractivity contribution is 0.318. The summed E-state index contributed by atoms with van der Waals surface area (Å²) in [5, 5.41) is 8.43. The predicted octanol–water partition coefficient (Wildman–Crippen LogP) is 3.65. The van der Waals surface area contributed by atoms with Gasteiger partial charge in [-0.25, -0.2) is 4.98 Å². The zero-order valence-corrected chi connectivity index (χ0v) is 15.5. The Morgan fingerprint density at radius 1 is 1.16 bits per heavy atom. The number of methoxy groups -OCH3 is 1. The van der Waals surface area contributed by atoms with Gasteiger partial charge in [-0.05, 0) is 58.0 Å². The number of pyridine rings is 1. The van der Waals surface area contributed by atoms with Crippen LogP contribution in [0.1, 0.15) is 29.1 Å². The number of fused-ring (bicyclic) bond motifs is 1. The van der Waals surface area contributed by atoms with Gasteiger partial charge in [0.1, 0.15) is 11.3 Å². The molecule has 2 aromatic heterocycles. The van der Waals surface area contributed by atoms with Gasteiger partial charge in [-0.3, -0.25) is 5.10 Å². The number of aromatic amines is 1. The zero-order valence-electron chi connectivity index (χ0n) is 15.5. The van der Waals surface area contributed by atoms with Crippen molar-refractivity contribution < 1.29 is 4.74 Å². The highest BCUT2D eigenvalue weighted by atomic mass is 16.5. The number of ether oxygens (including phenoxy) is 1. The molecule has 5 heteroatoms. The molecule has 3 rings (SSSR count). The van der Waals surface area contributed by atoms with Gasteiger partial charge < -0.3 is 9.64 Å². The second-order valence-corrected chi connectivity index (χ2v) is 6.59. The molecule has 1 aromatic carbocycles. The largest absolute Gasteiger partial charge is 0.494 e. The molecule has 25 heavy (non-hydrogen) atoms. The Labute approximate surface area is 149 Å². The first-order chi connectivity index (χ1) is 12.1. The molecule has 0 bridgehead atoms. The molecule has 5 nitrogen and oxygen atoms in total. The summed E-state index contributed by atoms with van der Waals surface area (Å²) in [5.41, 5.74) is 5.64. The van der Waals surface area contributed by atoms with Crippen molar-refractivity contribution in [1.29, 1.82) is 0 Å². The summed E-state index contributed by atoms with van der Waals surface area (Å²) in [5.74, 6) is 0.827. The first kappa shape index (κ1) is 17.4. The summed E-state index contributed by atoms with van der Waals surface area (Å²) < 4.78 is 5.43. The van der Waals surface area contributed by atoms with Crippen molar-refractivity contribution in [2.45, 2.75) is 33.2 Å². The molecule has 3 aromatic rings. The lowest BCUT2D eigenvalue weighted by Gasteiger charge is -2.16. The van der Waals surface area contributed by atoms with E-state index in [-0.39, 0.29) is 0 Å². The Kier molecular flexibility index (Phi) is 5.34. The second-order valence-electron chi connectivity index (χ2n) is 6.59. The van der Waals surface area contributed by atoms with Gasteiger partial charge in [0.05, 0.1) is 18.5 Å². The van der Waals surface area contributed by atoms with E-state index in [9.17, 15) is 0 Å². The van der Waals surface area contributed by atoms with Gasteiger partial charge in [0.2, 0.25) is 0 Å². The number of nitrogens with one attached hydrogen (secondary N) is 1. The third-order valence-electron chi connectivity index (χ3n) is 4.64. The van der Waals surface area contributed by atoms with Gasteiger partial charge in [0, 0.05) is 17.6 Å². The van der Waals surface area contributed by atoms with Crippen LogP contribution in [0.2, 0.25) is 0 Å². The van der Waals surface area contributed by atoms with E-state index >= 15 is 0 Å². The number of aromatic nitrogens is 3. The number of rotatable bonds is 7. The van der Waals surface area contributed by atoms with E-state index in [1.807, 2.05) is 12.1 Å². The quantitative estimate of drug-likeness (QED) is 0.714. The van der Waals surface area contributed by atoms with Crippen LogP contribution < -0.4 is 4.74 Å². The highest BCUT2D eigenvalue weighted by molar-refractivity contribution is 5.84. The highest BCUT2D eigenvalue weighted by Gasteiger charge is 2.09. The number of nitrogens with zero attached hydrogens (tertiary/aromatic N) is 3.